The number of hydrogen-bond acceptors (Lipinski definition) is 2. The number of thiocarbonyl (C=S) groups is 1. The Balaban J connectivity index is 1.93. The summed E-state index contributed by atoms with van der Waals surface area (Å²) >= 11 is 8.63. The Morgan fingerprint density at radius 1 is 1.14 bits per heavy atom. The molecule has 21 heavy (non-hydrogen) atoms. The number of aryl methyl sites for hydroxylation is 1. The summed E-state index contributed by atoms with van der Waals surface area (Å²) in [7, 11) is 0. The van der Waals surface area contributed by atoms with Gasteiger partial charge >= 0.3 is 0 Å². The zero-order valence-electron chi connectivity index (χ0n) is 11.9. The summed E-state index contributed by atoms with van der Waals surface area (Å²) < 4.78 is 1.04. The van der Waals surface area contributed by atoms with Crippen molar-refractivity contribution >= 4 is 45.2 Å². The fourth-order valence-electron chi connectivity index (χ4n) is 1.75. The van der Waals surface area contributed by atoms with E-state index in [1.165, 1.54) is 11.1 Å². The van der Waals surface area contributed by atoms with Crippen molar-refractivity contribution in [3.63, 3.8) is 0 Å². The van der Waals surface area contributed by atoms with Gasteiger partial charge in [-0.25, -0.2) is 0 Å². The molecule has 0 aromatic heterocycles. The van der Waals surface area contributed by atoms with Gasteiger partial charge in [0, 0.05) is 10.2 Å². The molecule has 5 heteroatoms. The molecule has 2 aromatic carbocycles. The predicted molar refractivity (Wildman–Crippen MR) is 97.0 cm³/mol. The average molecular weight is 362 g/mol. The van der Waals surface area contributed by atoms with E-state index in [4.69, 9.17) is 12.2 Å². The van der Waals surface area contributed by atoms with E-state index in [0.29, 0.717) is 5.11 Å². The second kappa shape index (κ2) is 7.33. The van der Waals surface area contributed by atoms with Crippen LogP contribution in [0.3, 0.4) is 0 Å². The molecule has 0 atom stereocenters. The molecule has 0 fully saturated rings. The van der Waals surface area contributed by atoms with Crippen molar-refractivity contribution in [3.05, 3.63) is 63.6 Å². The molecule has 0 aliphatic heterocycles. The molecule has 0 aliphatic carbocycles. The molecule has 0 spiro atoms. The van der Waals surface area contributed by atoms with Crippen LogP contribution in [0.4, 0.5) is 5.69 Å². The van der Waals surface area contributed by atoms with Crippen molar-refractivity contribution < 1.29 is 0 Å². The van der Waals surface area contributed by atoms with E-state index >= 15 is 0 Å². The van der Waals surface area contributed by atoms with Crippen LogP contribution in [-0.2, 0) is 0 Å². The smallest absolute Gasteiger partial charge is 0.191 e. The molecule has 0 saturated carbocycles. The Labute approximate surface area is 138 Å². The Morgan fingerprint density at radius 2 is 1.86 bits per heavy atom. The maximum atomic E-state index is 5.23. The van der Waals surface area contributed by atoms with E-state index in [2.05, 4.69) is 51.7 Å². The third kappa shape index (κ3) is 4.65. The Kier molecular flexibility index (Phi) is 5.47. The lowest BCUT2D eigenvalue weighted by Crippen LogP contribution is -2.24. The summed E-state index contributed by atoms with van der Waals surface area (Å²) in [4.78, 5) is 0. The lowest BCUT2D eigenvalue weighted by atomic mass is 10.1. The summed E-state index contributed by atoms with van der Waals surface area (Å²) in [6.07, 6.45) is 1.73. The van der Waals surface area contributed by atoms with Crippen molar-refractivity contribution in [3.8, 4) is 0 Å². The predicted octanol–water partition coefficient (Wildman–Crippen LogP) is 4.39. The fraction of sp³-hybridized carbons (Fsp3) is 0.125. The van der Waals surface area contributed by atoms with E-state index in [-0.39, 0.29) is 0 Å². The van der Waals surface area contributed by atoms with Crippen molar-refractivity contribution in [2.45, 2.75) is 13.8 Å². The molecule has 2 rings (SSSR count). The fourth-order valence-corrected chi connectivity index (χ4v) is 2.18. The van der Waals surface area contributed by atoms with Crippen molar-refractivity contribution in [1.82, 2.24) is 5.43 Å². The summed E-state index contributed by atoms with van der Waals surface area (Å²) in [5.41, 5.74) is 7.21. The van der Waals surface area contributed by atoms with Gasteiger partial charge in [-0.05, 0) is 61.0 Å². The van der Waals surface area contributed by atoms with Crippen LogP contribution >= 0.6 is 28.1 Å². The van der Waals surface area contributed by atoms with E-state index in [9.17, 15) is 0 Å². The van der Waals surface area contributed by atoms with Gasteiger partial charge in [0.1, 0.15) is 0 Å². The minimum absolute atomic E-state index is 0.470. The summed E-state index contributed by atoms with van der Waals surface area (Å²) in [5, 5.41) is 7.74. The number of rotatable bonds is 3. The number of nitrogens with one attached hydrogen (secondary N) is 2. The SMILES string of the molecule is Cc1cccc(NC(=S)N/N=C\c2ccc(Br)cc2)c1C. The maximum Gasteiger partial charge on any atom is 0.191 e. The minimum atomic E-state index is 0.470. The molecule has 108 valence electrons. The minimum Gasteiger partial charge on any atom is -0.331 e. The lowest BCUT2D eigenvalue weighted by Gasteiger charge is -2.11. The van der Waals surface area contributed by atoms with Gasteiger partial charge in [-0.2, -0.15) is 5.10 Å². The molecule has 0 saturated heterocycles. The van der Waals surface area contributed by atoms with Crippen LogP contribution in [0.1, 0.15) is 16.7 Å². The molecular weight excluding hydrogens is 346 g/mol. The first kappa shape index (κ1) is 15.7. The Hall–Kier alpha value is -1.72. The molecule has 2 aromatic rings. The number of halogens is 1. The molecule has 0 amide bonds. The quantitative estimate of drug-likeness (QED) is 0.483. The molecular formula is C16H16BrN3S. The number of anilines is 1. The van der Waals surface area contributed by atoms with Gasteiger partial charge in [-0.1, -0.05) is 40.2 Å². The van der Waals surface area contributed by atoms with Crippen molar-refractivity contribution in [1.29, 1.82) is 0 Å². The highest BCUT2D eigenvalue weighted by atomic mass is 79.9. The highest BCUT2D eigenvalue weighted by molar-refractivity contribution is 9.10. The highest BCUT2D eigenvalue weighted by Crippen LogP contribution is 2.17. The van der Waals surface area contributed by atoms with Crippen molar-refractivity contribution in [2.24, 2.45) is 5.10 Å². The first-order valence-corrected chi connectivity index (χ1v) is 7.68. The standard InChI is InChI=1S/C16H16BrN3S/c1-11-4-3-5-15(12(11)2)19-16(21)20-18-10-13-6-8-14(17)9-7-13/h3-10H,1-2H3,(H2,19,20,21)/b18-10-. The third-order valence-corrected chi connectivity index (χ3v) is 3.82. The lowest BCUT2D eigenvalue weighted by molar-refractivity contribution is 1.05. The second-order valence-corrected chi connectivity index (χ2v) is 5.95. The van der Waals surface area contributed by atoms with Gasteiger partial charge in [-0.3, -0.25) is 5.43 Å². The van der Waals surface area contributed by atoms with Crippen LogP contribution in [-0.4, -0.2) is 11.3 Å². The first-order chi connectivity index (χ1) is 10.1. The Bertz CT molecular complexity index is 666. The van der Waals surface area contributed by atoms with Crippen LogP contribution < -0.4 is 10.7 Å². The topological polar surface area (TPSA) is 36.4 Å². The van der Waals surface area contributed by atoms with Crippen LogP contribution in [0.5, 0.6) is 0 Å². The number of hydrazone groups is 1. The van der Waals surface area contributed by atoms with Gasteiger partial charge in [0.15, 0.2) is 5.11 Å². The summed E-state index contributed by atoms with van der Waals surface area (Å²) in [5.74, 6) is 0. The van der Waals surface area contributed by atoms with Crippen LogP contribution in [0.2, 0.25) is 0 Å². The number of benzene rings is 2. The number of nitrogens with zero attached hydrogens (tertiary/aromatic N) is 1. The van der Waals surface area contributed by atoms with Gasteiger partial charge in [0.2, 0.25) is 0 Å². The molecule has 2 N–H and O–H groups in total. The van der Waals surface area contributed by atoms with Crippen LogP contribution in [0.25, 0.3) is 0 Å². The zero-order chi connectivity index (χ0) is 15.2. The first-order valence-electron chi connectivity index (χ1n) is 6.48. The van der Waals surface area contributed by atoms with Gasteiger partial charge < -0.3 is 5.32 Å². The second-order valence-electron chi connectivity index (χ2n) is 4.62. The number of hydrogen-bond donors (Lipinski definition) is 2. The molecule has 0 unspecified atom stereocenters. The van der Waals surface area contributed by atoms with Crippen LogP contribution in [0.15, 0.2) is 52.0 Å². The van der Waals surface area contributed by atoms with E-state index in [1.54, 1.807) is 6.21 Å². The normalized spacial score (nSPS) is 10.6. The summed E-state index contributed by atoms with van der Waals surface area (Å²) in [6.45, 7) is 4.13. The van der Waals surface area contributed by atoms with Gasteiger partial charge in [0.25, 0.3) is 0 Å². The molecule has 3 nitrogen and oxygen atoms in total. The summed E-state index contributed by atoms with van der Waals surface area (Å²) in [6, 6.07) is 13.9. The van der Waals surface area contributed by atoms with Crippen molar-refractivity contribution in [2.75, 3.05) is 5.32 Å². The zero-order valence-corrected chi connectivity index (χ0v) is 14.3. The molecule has 0 radical (unpaired) electrons. The highest BCUT2D eigenvalue weighted by Gasteiger charge is 2.01. The maximum absolute atomic E-state index is 5.23. The van der Waals surface area contributed by atoms with E-state index in [0.717, 1.165) is 15.7 Å². The monoisotopic (exact) mass is 361 g/mol. The van der Waals surface area contributed by atoms with Gasteiger partial charge in [0.05, 0.1) is 6.21 Å². The average Bonchev–Trinajstić information content (AvgIpc) is 2.46. The van der Waals surface area contributed by atoms with E-state index in [1.807, 2.05) is 36.4 Å². The molecule has 0 aliphatic rings. The third-order valence-electron chi connectivity index (χ3n) is 3.10. The molecule has 0 bridgehead atoms. The largest absolute Gasteiger partial charge is 0.331 e. The van der Waals surface area contributed by atoms with Crippen LogP contribution in [0, 0.1) is 13.8 Å². The molecule has 0 heterocycles. The van der Waals surface area contributed by atoms with Gasteiger partial charge in [-0.15, -0.1) is 0 Å². The van der Waals surface area contributed by atoms with E-state index < -0.39 is 0 Å². The Morgan fingerprint density at radius 3 is 2.57 bits per heavy atom.